The van der Waals surface area contributed by atoms with Gasteiger partial charge < -0.3 is 11.1 Å². The fourth-order valence-corrected chi connectivity index (χ4v) is 5.24. The highest BCUT2D eigenvalue weighted by molar-refractivity contribution is 5.81. The number of nitrogens with zero attached hydrogens (tertiary/aromatic N) is 5. The minimum Gasteiger partial charge on any atom is -0.392 e. The van der Waals surface area contributed by atoms with Crippen molar-refractivity contribution >= 4 is 17.2 Å². The summed E-state index contributed by atoms with van der Waals surface area (Å²) >= 11 is 0. The van der Waals surface area contributed by atoms with Gasteiger partial charge in [-0.15, -0.1) is 0 Å². The summed E-state index contributed by atoms with van der Waals surface area (Å²) in [5.41, 5.74) is 12.2. The van der Waals surface area contributed by atoms with Gasteiger partial charge in [-0.1, -0.05) is 36.4 Å². The molecule has 6 rings (SSSR count). The Labute approximate surface area is 186 Å². The molecule has 1 aromatic carbocycles. The third-order valence-electron chi connectivity index (χ3n) is 6.80. The molecule has 7 nitrogen and oxygen atoms in total. The van der Waals surface area contributed by atoms with E-state index in [0.717, 1.165) is 40.9 Å². The number of nitrogens with one attached hydrogen (secondary N) is 1. The van der Waals surface area contributed by atoms with Crippen molar-refractivity contribution in [3.63, 3.8) is 0 Å². The number of hydrogen-bond acceptors (Lipinski definition) is 5. The number of pyridine rings is 1. The Balaban J connectivity index is 1.43. The van der Waals surface area contributed by atoms with E-state index in [1.165, 1.54) is 12.8 Å². The lowest BCUT2D eigenvalue weighted by Crippen LogP contribution is -2.37. The number of aromatic nitrogens is 4. The minimum atomic E-state index is 0.242. The fourth-order valence-electron chi connectivity index (χ4n) is 5.24. The summed E-state index contributed by atoms with van der Waals surface area (Å²) in [5, 5.41) is 8.13. The molecule has 2 aliphatic heterocycles. The van der Waals surface area contributed by atoms with E-state index in [1.807, 2.05) is 48.7 Å². The number of nitrogens with two attached hydrogens (primary N) is 1. The smallest absolute Gasteiger partial charge is 0.249 e. The zero-order valence-corrected chi connectivity index (χ0v) is 17.6. The molecule has 0 saturated carbocycles. The van der Waals surface area contributed by atoms with E-state index in [0.29, 0.717) is 29.2 Å². The number of nitrogen functional groups attached to an aromatic ring is 1. The lowest BCUT2D eigenvalue weighted by Gasteiger charge is -2.29. The summed E-state index contributed by atoms with van der Waals surface area (Å²) in [6.45, 7) is 7.75. The fraction of sp³-hybridized carbons (Fsp3) is 0.280. The highest BCUT2D eigenvalue weighted by atomic mass is 15.3. The van der Waals surface area contributed by atoms with Crippen LogP contribution in [0.1, 0.15) is 37.3 Å². The number of rotatable bonds is 3. The molecule has 3 N–H and O–H groups in total. The average Bonchev–Trinajstić information content (AvgIpc) is 3.42. The van der Waals surface area contributed by atoms with Gasteiger partial charge in [0.2, 0.25) is 5.69 Å². The number of anilines is 1. The van der Waals surface area contributed by atoms with Crippen LogP contribution in [0.2, 0.25) is 0 Å². The lowest BCUT2D eigenvalue weighted by molar-refractivity contribution is 0.360. The monoisotopic (exact) mass is 421 g/mol. The molecular weight excluding hydrogens is 398 g/mol. The van der Waals surface area contributed by atoms with Gasteiger partial charge in [-0.25, -0.2) is 14.3 Å². The molecule has 2 aliphatic rings. The standard InChI is InChI=1S/C25H23N7/c1-27-23-22(17-11-18-8-9-19(12-17)30-18)31-25-20(14-29-32(25)24(23)26)16-7-10-21(28-13-16)15-5-3-2-4-6-15/h2-7,10,13-14,17-19,30H,8-9,11-12,26H2. The lowest BCUT2D eigenvalue weighted by atomic mass is 9.88. The second kappa shape index (κ2) is 7.43. The molecule has 2 atom stereocenters. The zero-order valence-electron chi connectivity index (χ0n) is 17.6. The first-order chi connectivity index (χ1) is 15.7. The topological polar surface area (TPSA) is 85.5 Å². The SMILES string of the molecule is [C-]#[N+]c1c(C2CC3CCC(C2)N3)nc2c(-c3ccc(-c4ccccc4)nc3)cnn2c1N. The van der Waals surface area contributed by atoms with Crippen molar-refractivity contribution in [1.29, 1.82) is 0 Å². The van der Waals surface area contributed by atoms with E-state index >= 15 is 0 Å². The summed E-state index contributed by atoms with van der Waals surface area (Å²) in [6.07, 6.45) is 8.01. The van der Waals surface area contributed by atoms with E-state index in [2.05, 4.69) is 20.2 Å². The summed E-state index contributed by atoms with van der Waals surface area (Å²) in [5.74, 6) is 0.609. The molecule has 2 fully saturated rings. The Kier molecular flexibility index (Phi) is 4.40. The summed E-state index contributed by atoms with van der Waals surface area (Å²) in [6, 6.07) is 15.2. The summed E-state index contributed by atoms with van der Waals surface area (Å²) < 4.78 is 1.59. The van der Waals surface area contributed by atoms with Gasteiger partial charge in [-0.05, 0) is 37.7 Å². The van der Waals surface area contributed by atoms with E-state index in [1.54, 1.807) is 10.7 Å². The summed E-state index contributed by atoms with van der Waals surface area (Å²) in [7, 11) is 0. The first kappa shape index (κ1) is 19.0. The molecule has 0 spiro atoms. The van der Waals surface area contributed by atoms with Crippen LogP contribution in [-0.2, 0) is 0 Å². The van der Waals surface area contributed by atoms with Crippen molar-refractivity contribution in [2.45, 2.75) is 43.7 Å². The van der Waals surface area contributed by atoms with Gasteiger partial charge in [-0.3, -0.25) is 4.98 Å². The van der Waals surface area contributed by atoms with Crippen LogP contribution in [-0.4, -0.2) is 31.7 Å². The molecule has 2 saturated heterocycles. The molecule has 32 heavy (non-hydrogen) atoms. The number of benzene rings is 1. The van der Waals surface area contributed by atoms with Gasteiger partial charge in [-0.2, -0.15) is 5.10 Å². The van der Waals surface area contributed by atoms with E-state index < -0.39 is 0 Å². The van der Waals surface area contributed by atoms with Crippen LogP contribution >= 0.6 is 0 Å². The minimum absolute atomic E-state index is 0.242. The molecule has 3 aromatic heterocycles. The van der Waals surface area contributed by atoms with Gasteiger partial charge in [0.05, 0.1) is 24.2 Å². The van der Waals surface area contributed by atoms with Gasteiger partial charge in [0.15, 0.2) is 5.65 Å². The number of piperidine rings is 1. The third-order valence-corrected chi connectivity index (χ3v) is 6.80. The number of hydrogen-bond donors (Lipinski definition) is 2. The Morgan fingerprint density at radius 1 is 1.00 bits per heavy atom. The molecule has 5 heterocycles. The number of fused-ring (bicyclic) bond motifs is 3. The largest absolute Gasteiger partial charge is 0.392 e. The van der Waals surface area contributed by atoms with Crippen molar-refractivity contribution in [2.24, 2.45) is 0 Å². The molecular formula is C25H23N7. The highest BCUT2D eigenvalue weighted by Gasteiger charge is 2.36. The van der Waals surface area contributed by atoms with Crippen LogP contribution in [0.25, 0.3) is 32.9 Å². The molecule has 7 heteroatoms. The third kappa shape index (κ3) is 3.03. The second-order valence-corrected chi connectivity index (χ2v) is 8.74. The predicted molar refractivity (Wildman–Crippen MR) is 124 cm³/mol. The molecule has 0 aliphatic carbocycles. The van der Waals surface area contributed by atoms with Crippen LogP contribution < -0.4 is 11.1 Å². The van der Waals surface area contributed by atoms with Gasteiger partial charge in [0.25, 0.3) is 0 Å². The van der Waals surface area contributed by atoms with E-state index in [-0.39, 0.29) is 5.92 Å². The van der Waals surface area contributed by atoms with Crippen molar-refractivity contribution < 1.29 is 0 Å². The van der Waals surface area contributed by atoms with E-state index in [9.17, 15) is 0 Å². The van der Waals surface area contributed by atoms with Crippen molar-refractivity contribution in [1.82, 2.24) is 24.9 Å². The first-order valence-corrected chi connectivity index (χ1v) is 11.0. The molecule has 158 valence electrons. The van der Waals surface area contributed by atoms with Crippen LogP contribution in [0.3, 0.4) is 0 Å². The molecule has 0 radical (unpaired) electrons. The quantitative estimate of drug-likeness (QED) is 0.473. The Hall–Kier alpha value is -3.76. The maximum atomic E-state index is 7.75. The Morgan fingerprint density at radius 3 is 2.47 bits per heavy atom. The maximum Gasteiger partial charge on any atom is 0.249 e. The normalized spacial score (nSPS) is 22.2. The van der Waals surface area contributed by atoms with E-state index in [4.69, 9.17) is 17.3 Å². The van der Waals surface area contributed by atoms with Crippen LogP contribution in [0.15, 0.2) is 54.9 Å². The highest BCUT2D eigenvalue weighted by Crippen LogP contribution is 2.42. The van der Waals surface area contributed by atoms with Crippen LogP contribution in [0, 0.1) is 6.57 Å². The molecule has 4 aromatic rings. The predicted octanol–water partition coefficient (Wildman–Crippen LogP) is 4.59. The average molecular weight is 422 g/mol. The Morgan fingerprint density at radius 2 is 1.78 bits per heavy atom. The van der Waals surface area contributed by atoms with Crippen molar-refractivity contribution in [3.05, 3.63) is 72.0 Å². The van der Waals surface area contributed by atoms with Crippen LogP contribution in [0.5, 0.6) is 0 Å². The van der Waals surface area contributed by atoms with Crippen LogP contribution in [0.4, 0.5) is 11.5 Å². The summed E-state index contributed by atoms with van der Waals surface area (Å²) in [4.78, 5) is 13.4. The maximum absolute atomic E-state index is 7.75. The van der Waals surface area contributed by atoms with Gasteiger partial charge >= 0.3 is 0 Å². The zero-order chi connectivity index (χ0) is 21.7. The molecule has 0 amide bonds. The molecule has 2 unspecified atom stereocenters. The molecule has 2 bridgehead atoms. The first-order valence-electron chi connectivity index (χ1n) is 11.0. The second-order valence-electron chi connectivity index (χ2n) is 8.74. The van der Waals surface area contributed by atoms with Gasteiger partial charge in [0.1, 0.15) is 5.82 Å². The van der Waals surface area contributed by atoms with Crippen molar-refractivity contribution in [3.8, 4) is 22.4 Å². The van der Waals surface area contributed by atoms with Crippen molar-refractivity contribution in [2.75, 3.05) is 5.73 Å². The Bertz CT molecular complexity index is 1320. The van der Waals surface area contributed by atoms with Gasteiger partial charge in [0, 0.05) is 35.0 Å².